The zero-order valence-corrected chi connectivity index (χ0v) is 31.2. The van der Waals surface area contributed by atoms with E-state index in [4.69, 9.17) is 16.5 Å². The van der Waals surface area contributed by atoms with Gasteiger partial charge in [-0.3, -0.25) is 4.99 Å². The third kappa shape index (κ3) is 4.99. The summed E-state index contributed by atoms with van der Waals surface area (Å²) in [6.07, 6.45) is 11.9. The molecular weight excluding hydrogens is 677 g/mol. The predicted octanol–water partition coefficient (Wildman–Crippen LogP) is 11.9. The second-order valence-corrected chi connectivity index (χ2v) is 16.1. The van der Waals surface area contributed by atoms with Crippen molar-refractivity contribution in [2.24, 2.45) is 16.5 Å². The molecular formula is C49H40N4S. The third-order valence-corrected chi connectivity index (χ3v) is 12.8. The fraction of sp³-hybridized carbons (Fsp3) is 0.122. The highest BCUT2D eigenvalue weighted by Gasteiger charge is 2.37. The summed E-state index contributed by atoms with van der Waals surface area (Å²) < 4.78 is 5.24. The molecule has 0 aliphatic heterocycles. The summed E-state index contributed by atoms with van der Waals surface area (Å²) >= 11 is 1.90. The first-order chi connectivity index (χ1) is 26.4. The molecule has 2 heterocycles. The number of aliphatic imine (C=N–C) groups is 1. The number of thiophene rings is 1. The van der Waals surface area contributed by atoms with E-state index in [1.54, 1.807) is 0 Å². The SMILES string of the molecule is CC1(C)c2ccccc2-c2c(C(N)=NC/C=C(\N)c3ccccc3)cc(-c3ccc4c5c6sc7ccccc7c6ccc5n(C5C=CC=CC5)c4c3)cc21. The molecule has 1 atom stereocenters. The molecule has 8 aromatic rings. The first-order valence-electron chi connectivity index (χ1n) is 18.7. The fourth-order valence-electron chi connectivity index (χ4n) is 8.87. The Morgan fingerprint density at radius 3 is 2.43 bits per heavy atom. The molecule has 2 aromatic heterocycles. The minimum atomic E-state index is -0.209. The van der Waals surface area contributed by atoms with Gasteiger partial charge < -0.3 is 16.0 Å². The lowest BCUT2D eigenvalue weighted by Gasteiger charge is -2.23. The zero-order valence-electron chi connectivity index (χ0n) is 30.4. The van der Waals surface area contributed by atoms with Gasteiger partial charge in [0, 0.05) is 47.6 Å². The van der Waals surface area contributed by atoms with Crippen molar-refractivity contribution in [2.45, 2.75) is 31.7 Å². The van der Waals surface area contributed by atoms with Crippen LogP contribution in [0.15, 0.2) is 157 Å². The summed E-state index contributed by atoms with van der Waals surface area (Å²) in [7, 11) is 0. The summed E-state index contributed by atoms with van der Waals surface area (Å²) in [6, 6.07) is 44.1. The van der Waals surface area contributed by atoms with Crippen molar-refractivity contribution in [3.05, 3.63) is 174 Å². The first kappa shape index (κ1) is 32.5. The molecule has 0 spiro atoms. The summed E-state index contributed by atoms with van der Waals surface area (Å²) in [6.45, 7) is 5.03. The highest BCUT2D eigenvalue weighted by atomic mass is 32.1. The summed E-state index contributed by atoms with van der Waals surface area (Å²) in [5.41, 5.74) is 25.6. The van der Waals surface area contributed by atoms with Crippen molar-refractivity contribution in [1.29, 1.82) is 0 Å². The van der Waals surface area contributed by atoms with Crippen molar-refractivity contribution in [3.8, 4) is 22.3 Å². The van der Waals surface area contributed by atoms with Gasteiger partial charge in [-0.2, -0.15) is 0 Å². The first-order valence-corrected chi connectivity index (χ1v) is 19.5. The van der Waals surface area contributed by atoms with Crippen LogP contribution in [0.2, 0.25) is 0 Å². The topological polar surface area (TPSA) is 69.3 Å². The monoisotopic (exact) mass is 716 g/mol. The van der Waals surface area contributed by atoms with Crippen molar-refractivity contribution in [3.63, 3.8) is 0 Å². The number of benzene rings is 6. The number of hydrogen-bond acceptors (Lipinski definition) is 3. The van der Waals surface area contributed by atoms with Crippen LogP contribution in [0, 0.1) is 0 Å². The molecule has 0 amide bonds. The number of nitrogens with two attached hydrogens (primary N) is 2. The van der Waals surface area contributed by atoms with Gasteiger partial charge in [-0.15, -0.1) is 11.3 Å². The molecule has 0 saturated carbocycles. The van der Waals surface area contributed by atoms with Gasteiger partial charge in [0.15, 0.2) is 0 Å². The number of allylic oxidation sites excluding steroid dienone is 4. The normalized spacial score (nSPS) is 16.5. The molecule has 2 aliphatic carbocycles. The van der Waals surface area contributed by atoms with Gasteiger partial charge in [-0.1, -0.05) is 129 Å². The molecule has 6 aromatic carbocycles. The summed E-state index contributed by atoms with van der Waals surface area (Å²) in [5.74, 6) is 0.513. The van der Waals surface area contributed by atoms with Crippen LogP contribution in [0.4, 0.5) is 0 Å². The van der Waals surface area contributed by atoms with Gasteiger partial charge in [0.2, 0.25) is 0 Å². The lowest BCUT2D eigenvalue weighted by Crippen LogP contribution is -2.18. The maximum absolute atomic E-state index is 7.00. The van der Waals surface area contributed by atoms with Gasteiger partial charge in [0.1, 0.15) is 5.84 Å². The molecule has 4 N–H and O–H groups in total. The maximum Gasteiger partial charge on any atom is 0.126 e. The van der Waals surface area contributed by atoms with E-state index < -0.39 is 0 Å². The van der Waals surface area contributed by atoms with E-state index in [2.05, 4.69) is 134 Å². The molecule has 4 nitrogen and oxygen atoms in total. The molecule has 1 unspecified atom stereocenters. The number of fused-ring (bicyclic) bond motifs is 10. The van der Waals surface area contributed by atoms with Crippen LogP contribution in [-0.4, -0.2) is 16.9 Å². The molecule has 10 rings (SSSR count). The van der Waals surface area contributed by atoms with E-state index in [0.717, 1.165) is 28.7 Å². The number of hydrogen-bond donors (Lipinski definition) is 2. The Bertz CT molecular complexity index is 2930. The van der Waals surface area contributed by atoms with Gasteiger partial charge >= 0.3 is 0 Å². The van der Waals surface area contributed by atoms with Gasteiger partial charge in [0.25, 0.3) is 0 Å². The van der Waals surface area contributed by atoms with E-state index >= 15 is 0 Å². The largest absolute Gasteiger partial charge is 0.398 e. The molecule has 0 radical (unpaired) electrons. The van der Waals surface area contributed by atoms with E-state index in [1.807, 2.05) is 47.7 Å². The van der Waals surface area contributed by atoms with Crippen LogP contribution < -0.4 is 11.5 Å². The van der Waals surface area contributed by atoms with E-state index in [0.29, 0.717) is 18.1 Å². The van der Waals surface area contributed by atoms with Crippen LogP contribution in [0.1, 0.15) is 48.6 Å². The third-order valence-electron chi connectivity index (χ3n) is 11.6. The Kier molecular flexibility index (Phi) is 7.50. The Balaban J connectivity index is 1.17. The van der Waals surface area contributed by atoms with Crippen molar-refractivity contribution in [1.82, 2.24) is 4.57 Å². The number of aromatic nitrogens is 1. The Morgan fingerprint density at radius 1 is 0.778 bits per heavy atom. The predicted molar refractivity (Wildman–Crippen MR) is 231 cm³/mol. The molecule has 0 bridgehead atoms. The van der Waals surface area contributed by atoms with Crippen LogP contribution in [0.25, 0.3) is 69.9 Å². The van der Waals surface area contributed by atoms with Crippen molar-refractivity contribution < 1.29 is 0 Å². The lowest BCUT2D eigenvalue weighted by atomic mass is 9.81. The highest BCUT2D eigenvalue weighted by molar-refractivity contribution is 7.26. The van der Waals surface area contributed by atoms with Crippen molar-refractivity contribution in [2.75, 3.05) is 6.54 Å². The molecule has 5 heteroatoms. The van der Waals surface area contributed by atoms with E-state index in [9.17, 15) is 0 Å². The van der Waals surface area contributed by atoms with E-state index in [1.165, 1.54) is 64.2 Å². The highest BCUT2D eigenvalue weighted by Crippen LogP contribution is 2.52. The average Bonchev–Trinajstić information content (AvgIpc) is 3.83. The van der Waals surface area contributed by atoms with Gasteiger partial charge in [0.05, 0.1) is 23.6 Å². The second-order valence-electron chi connectivity index (χ2n) is 15.0. The van der Waals surface area contributed by atoms with E-state index in [-0.39, 0.29) is 11.5 Å². The summed E-state index contributed by atoms with van der Waals surface area (Å²) in [4.78, 5) is 4.91. The van der Waals surface area contributed by atoms with Gasteiger partial charge in [-0.25, -0.2) is 0 Å². The summed E-state index contributed by atoms with van der Waals surface area (Å²) in [5, 5.41) is 5.27. The molecule has 54 heavy (non-hydrogen) atoms. The second kappa shape index (κ2) is 12.5. The minimum absolute atomic E-state index is 0.209. The van der Waals surface area contributed by atoms with Crippen LogP contribution >= 0.6 is 11.3 Å². The number of amidine groups is 1. The standard InChI is InChI=1S/C49H40N4S/c1-49(2)39-19-11-9-18-36(39)45-38(48(51)52-26-25-41(50)30-13-5-3-6-14-30)27-32(28-40(45)49)31-21-22-37-43(29-31)53(33-15-7-4-8-16-33)42-24-23-35-34-17-10-12-20-44(34)54-47(35)46(37)42/h3-15,17-25,27-29,33H,16,26,50H2,1-2H3,(H2,51,52)/b41-25-. The number of nitrogens with zero attached hydrogens (tertiary/aromatic N) is 2. The Morgan fingerprint density at radius 2 is 1.57 bits per heavy atom. The van der Waals surface area contributed by atoms with Gasteiger partial charge in [-0.05, 0) is 81.8 Å². The molecule has 0 saturated heterocycles. The molecule has 0 fully saturated rings. The smallest absolute Gasteiger partial charge is 0.126 e. The average molecular weight is 717 g/mol. The zero-order chi connectivity index (χ0) is 36.6. The molecule has 2 aliphatic rings. The lowest BCUT2D eigenvalue weighted by molar-refractivity contribution is 0.648. The van der Waals surface area contributed by atoms with Crippen LogP contribution in [0.5, 0.6) is 0 Å². The van der Waals surface area contributed by atoms with Crippen LogP contribution in [-0.2, 0) is 5.41 Å². The quantitative estimate of drug-likeness (QED) is 0.133. The van der Waals surface area contributed by atoms with Crippen molar-refractivity contribution >= 4 is 64.8 Å². The Labute approximate surface area is 319 Å². The maximum atomic E-state index is 7.00. The molecule has 262 valence electrons. The fourth-order valence-corrected chi connectivity index (χ4v) is 10.1. The Hall–Kier alpha value is -6.17. The van der Waals surface area contributed by atoms with Crippen LogP contribution in [0.3, 0.4) is 0 Å². The minimum Gasteiger partial charge on any atom is -0.398 e. The number of rotatable bonds is 6.